The highest BCUT2D eigenvalue weighted by Crippen LogP contribution is 2.18. The van der Waals surface area contributed by atoms with Gasteiger partial charge in [0.05, 0.1) is 0 Å². The highest BCUT2D eigenvalue weighted by atomic mass is 16.2. The average molecular weight is 361 g/mol. The van der Waals surface area contributed by atoms with Crippen LogP contribution in [-0.2, 0) is 6.42 Å². The zero-order valence-electron chi connectivity index (χ0n) is 15.8. The minimum absolute atomic E-state index is 0.130. The number of pyridine rings is 1. The Balaban J connectivity index is 1.66. The lowest BCUT2D eigenvalue weighted by molar-refractivity contribution is 0.0790. The fraction of sp³-hybridized carbons (Fsp3) is 0.238. The van der Waals surface area contributed by atoms with Crippen molar-refractivity contribution in [3.8, 4) is 0 Å². The van der Waals surface area contributed by atoms with Crippen LogP contribution in [0.1, 0.15) is 27.2 Å². The molecule has 3 rings (SSSR count). The Morgan fingerprint density at radius 1 is 1.04 bits per heavy atom. The first-order chi connectivity index (χ1) is 13.0. The number of nitrogens with one attached hydrogen (secondary N) is 1. The van der Waals surface area contributed by atoms with Crippen molar-refractivity contribution < 1.29 is 4.79 Å². The molecule has 0 aliphatic heterocycles. The lowest BCUT2D eigenvalue weighted by atomic mass is 10.1. The van der Waals surface area contributed by atoms with Crippen LogP contribution in [-0.4, -0.2) is 39.4 Å². The summed E-state index contributed by atoms with van der Waals surface area (Å²) in [6.07, 6.45) is 5.69. The molecule has 0 bridgehead atoms. The van der Waals surface area contributed by atoms with Gasteiger partial charge in [-0.15, -0.1) is 0 Å². The molecular formula is C21H23N5O. The molecule has 2 aromatic heterocycles. The molecule has 0 aliphatic rings. The summed E-state index contributed by atoms with van der Waals surface area (Å²) < 4.78 is 0. The van der Waals surface area contributed by atoms with E-state index in [1.165, 1.54) is 17.5 Å². The van der Waals surface area contributed by atoms with Crippen molar-refractivity contribution in [3.05, 3.63) is 77.5 Å². The summed E-state index contributed by atoms with van der Waals surface area (Å²) in [5, 5.41) is 3.24. The average Bonchev–Trinajstić information content (AvgIpc) is 2.69. The molecule has 1 N–H and O–H groups in total. The number of rotatable bonds is 6. The van der Waals surface area contributed by atoms with Gasteiger partial charge in [0.1, 0.15) is 17.8 Å². The van der Waals surface area contributed by atoms with Crippen LogP contribution in [0.5, 0.6) is 0 Å². The third-order valence-corrected chi connectivity index (χ3v) is 4.50. The molecule has 2 heterocycles. The van der Waals surface area contributed by atoms with Crippen LogP contribution in [0.25, 0.3) is 0 Å². The molecule has 3 aromatic rings. The third kappa shape index (κ3) is 4.88. The number of amides is 1. The standard InChI is InChI=1S/C21H23N5O/c1-15-4-5-18(12-16(15)2)25-20-13-19(23-14-24-20)21(27)26(3)11-8-17-6-9-22-10-7-17/h4-7,9-10,12-14H,8,11H2,1-3H3,(H,23,24,25). The molecular weight excluding hydrogens is 338 g/mol. The number of carbonyl (C=O) groups excluding carboxylic acids is 1. The van der Waals surface area contributed by atoms with Crippen LogP contribution in [0.2, 0.25) is 0 Å². The van der Waals surface area contributed by atoms with Crippen LogP contribution in [0.15, 0.2) is 55.1 Å². The number of nitrogens with zero attached hydrogens (tertiary/aromatic N) is 4. The summed E-state index contributed by atoms with van der Waals surface area (Å²) in [7, 11) is 1.78. The normalized spacial score (nSPS) is 10.5. The van der Waals surface area contributed by atoms with Gasteiger partial charge in [0.25, 0.3) is 5.91 Å². The van der Waals surface area contributed by atoms with E-state index in [9.17, 15) is 4.79 Å². The van der Waals surface area contributed by atoms with Crippen LogP contribution in [0, 0.1) is 13.8 Å². The molecule has 1 aromatic carbocycles. The summed E-state index contributed by atoms with van der Waals surface area (Å²) in [5.74, 6) is 0.466. The van der Waals surface area contributed by atoms with E-state index in [1.54, 1.807) is 30.4 Å². The summed E-state index contributed by atoms with van der Waals surface area (Å²) in [6, 6.07) is 11.7. The van der Waals surface area contributed by atoms with Gasteiger partial charge in [0, 0.05) is 37.7 Å². The van der Waals surface area contributed by atoms with Gasteiger partial charge in [-0.25, -0.2) is 9.97 Å². The Morgan fingerprint density at radius 3 is 2.56 bits per heavy atom. The molecule has 6 heteroatoms. The maximum Gasteiger partial charge on any atom is 0.272 e. The summed E-state index contributed by atoms with van der Waals surface area (Å²) in [5.41, 5.74) is 4.87. The lowest BCUT2D eigenvalue weighted by Crippen LogP contribution is -2.29. The fourth-order valence-corrected chi connectivity index (χ4v) is 2.65. The van der Waals surface area contributed by atoms with E-state index < -0.39 is 0 Å². The number of aryl methyl sites for hydroxylation is 2. The second-order valence-corrected chi connectivity index (χ2v) is 6.54. The fourth-order valence-electron chi connectivity index (χ4n) is 2.65. The first-order valence-corrected chi connectivity index (χ1v) is 8.83. The van der Waals surface area contributed by atoms with E-state index in [0.717, 1.165) is 17.7 Å². The molecule has 27 heavy (non-hydrogen) atoms. The van der Waals surface area contributed by atoms with E-state index in [2.05, 4.69) is 46.2 Å². The monoisotopic (exact) mass is 361 g/mol. The van der Waals surface area contributed by atoms with Crippen LogP contribution in [0.3, 0.4) is 0 Å². The Bertz CT molecular complexity index is 927. The predicted octanol–water partition coefficient (Wildman–Crippen LogP) is 3.55. The summed E-state index contributed by atoms with van der Waals surface area (Å²) in [6.45, 7) is 4.74. The first-order valence-electron chi connectivity index (χ1n) is 8.83. The minimum atomic E-state index is -0.130. The highest BCUT2D eigenvalue weighted by molar-refractivity contribution is 5.92. The summed E-state index contributed by atoms with van der Waals surface area (Å²) in [4.78, 5) is 26.7. The molecule has 0 saturated heterocycles. The van der Waals surface area contributed by atoms with Crippen molar-refractivity contribution in [2.24, 2.45) is 0 Å². The van der Waals surface area contributed by atoms with Crippen LogP contribution >= 0.6 is 0 Å². The van der Waals surface area contributed by atoms with Crippen molar-refractivity contribution >= 4 is 17.4 Å². The van der Waals surface area contributed by atoms with Crippen LogP contribution in [0.4, 0.5) is 11.5 Å². The Hall–Kier alpha value is -3.28. The quantitative estimate of drug-likeness (QED) is 0.727. The first kappa shape index (κ1) is 18.5. The molecule has 0 fully saturated rings. The Morgan fingerprint density at radius 2 is 1.81 bits per heavy atom. The smallest absolute Gasteiger partial charge is 0.272 e. The molecule has 138 valence electrons. The predicted molar refractivity (Wildman–Crippen MR) is 106 cm³/mol. The number of aromatic nitrogens is 3. The number of hydrogen-bond donors (Lipinski definition) is 1. The van der Waals surface area contributed by atoms with E-state index in [0.29, 0.717) is 18.1 Å². The lowest BCUT2D eigenvalue weighted by Gasteiger charge is -2.17. The molecule has 0 saturated carbocycles. The SMILES string of the molecule is Cc1ccc(Nc2cc(C(=O)N(C)CCc3ccncc3)ncn2)cc1C. The Labute approximate surface area is 159 Å². The molecule has 0 unspecified atom stereocenters. The van der Waals surface area contributed by atoms with Crippen molar-refractivity contribution in [1.82, 2.24) is 19.9 Å². The second-order valence-electron chi connectivity index (χ2n) is 6.54. The zero-order chi connectivity index (χ0) is 19.2. The number of likely N-dealkylation sites (N-methyl/N-ethyl adjacent to an activating group) is 1. The number of anilines is 2. The van der Waals surface area contributed by atoms with Crippen LogP contribution < -0.4 is 5.32 Å². The Kier molecular flexibility index (Phi) is 5.76. The number of benzene rings is 1. The van der Waals surface area contributed by atoms with Gasteiger partial charge in [-0.2, -0.15) is 0 Å². The van der Waals surface area contributed by atoms with Crippen molar-refractivity contribution in [2.45, 2.75) is 20.3 Å². The van der Waals surface area contributed by atoms with E-state index >= 15 is 0 Å². The second kappa shape index (κ2) is 8.40. The van der Waals surface area contributed by atoms with Gasteiger partial charge in [-0.3, -0.25) is 9.78 Å². The molecule has 0 atom stereocenters. The highest BCUT2D eigenvalue weighted by Gasteiger charge is 2.14. The molecule has 0 spiro atoms. The maximum atomic E-state index is 12.7. The van der Waals surface area contributed by atoms with Crippen molar-refractivity contribution in [3.63, 3.8) is 0 Å². The van der Waals surface area contributed by atoms with E-state index in [4.69, 9.17) is 0 Å². The number of carbonyl (C=O) groups is 1. The van der Waals surface area contributed by atoms with E-state index in [-0.39, 0.29) is 5.91 Å². The van der Waals surface area contributed by atoms with Crippen molar-refractivity contribution in [1.29, 1.82) is 0 Å². The molecule has 0 aliphatic carbocycles. The zero-order valence-corrected chi connectivity index (χ0v) is 15.8. The summed E-state index contributed by atoms with van der Waals surface area (Å²) >= 11 is 0. The molecule has 1 amide bonds. The third-order valence-electron chi connectivity index (χ3n) is 4.50. The van der Waals surface area contributed by atoms with E-state index in [1.807, 2.05) is 18.2 Å². The van der Waals surface area contributed by atoms with Gasteiger partial charge >= 0.3 is 0 Å². The topological polar surface area (TPSA) is 71.0 Å². The van der Waals surface area contributed by atoms with Gasteiger partial charge in [0.15, 0.2) is 0 Å². The van der Waals surface area contributed by atoms with Gasteiger partial charge < -0.3 is 10.2 Å². The number of hydrogen-bond acceptors (Lipinski definition) is 5. The largest absolute Gasteiger partial charge is 0.340 e. The van der Waals surface area contributed by atoms with Gasteiger partial charge in [-0.1, -0.05) is 6.07 Å². The van der Waals surface area contributed by atoms with Gasteiger partial charge in [0.2, 0.25) is 0 Å². The maximum absolute atomic E-state index is 12.7. The molecule has 6 nitrogen and oxygen atoms in total. The van der Waals surface area contributed by atoms with Gasteiger partial charge in [-0.05, 0) is 61.2 Å². The minimum Gasteiger partial charge on any atom is -0.340 e. The molecule has 0 radical (unpaired) electrons. The van der Waals surface area contributed by atoms with Crippen molar-refractivity contribution in [2.75, 3.05) is 18.9 Å².